The summed E-state index contributed by atoms with van der Waals surface area (Å²) >= 11 is 7.30. The number of aromatic nitrogens is 1. The van der Waals surface area contributed by atoms with E-state index in [1.807, 2.05) is 0 Å². The standard InChI is InChI=1S/C9H13ClN2OS2/c10-8-5-12-9(14-8)6-11-7-1-3-15(13)4-2-7/h5,7,11H,1-4,6H2. The second kappa shape index (κ2) is 5.39. The highest BCUT2D eigenvalue weighted by Gasteiger charge is 2.17. The maximum absolute atomic E-state index is 11.1. The lowest BCUT2D eigenvalue weighted by molar-refractivity contribution is 0.474. The van der Waals surface area contributed by atoms with Crippen molar-refractivity contribution in [1.82, 2.24) is 10.3 Å². The van der Waals surface area contributed by atoms with Gasteiger partial charge in [0, 0.05) is 34.9 Å². The van der Waals surface area contributed by atoms with Crippen molar-refractivity contribution in [1.29, 1.82) is 0 Å². The monoisotopic (exact) mass is 264 g/mol. The number of hydrogen-bond acceptors (Lipinski definition) is 4. The largest absolute Gasteiger partial charge is 0.308 e. The molecule has 1 N–H and O–H groups in total. The van der Waals surface area contributed by atoms with Gasteiger partial charge in [-0.2, -0.15) is 0 Å². The topological polar surface area (TPSA) is 42.0 Å². The Hall–Kier alpha value is 0.0300. The Morgan fingerprint density at radius 2 is 2.33 bits per heavy atom. The normalized spacial score (nSPS) is 26.7. The lowest BCUT2D eigenvalue weighted by Crippen LogP contribution is -2.35. The van der Waals surface area contributed by atoms with E-state index in [-0.39, 0.29) is 0 Å². The number of halogens is 1. The molecule has 1 fully saturated rings. The molecule has 84 valence electrons. The summed E-state index contributed by atoms with van der Waals surface area (Å²) in [5.41, 5.74) is 0. The molecule has 0 saturated carbocycles. The minimum absolute atomic E-state index is 0.491. The van der Waals surface area contributed by atoms with Crippen molar-refractivity contribution in [3.63, 3.8) is 0 Å². The van der Waals surface area contributed by atoms with Crippen molar-refractivity contribution >= 4 is 33.7 Å². The van der Waals surface area contributed by atoms with Gasteiger partial charge in [-0.15, -0.1) is 11.3 Å². The molecule has 0 aromatic carbocycles. The van der Waals surface area contributed by atoms with Crippen molar-refractivity contribution in [3.8, 4) is 0 Å². The molecule has 6 heteroatoms. The maximum atomic E-state index is 11.1. The molecule has 0 amide bonds. The van der Waals surface area contributed by atoms with Crippen LogP contribution < -0.4 is 5.32 Å². The average molecular weight is 265 g/mol. The SMILES string of the molecule is O=S1CCC(NCc2ncc(Cl)s2)CC1. The van der Waals surface area contributed by atoms with Crippen molar-refractivity contribution in [2.75, 3.05) is 11.5 Å². The predicted octanol–water partition coefficient (Wildman–Crippen LogP) is 1.80. The lowest BCUT2D eigenvalue weighted by atomic mass is 10.1. The van der Waals surface area contributed by atoms with E-state index < -0.39 is 10.8 Å². The highest BCUT2D eigenvalue weighted by molar-refractivity contribution is 7.85. The van der Waals surface area contributed by atoms with Gasteiger partial charge in [-0.1, -0.05) is 11.6 Å². The van der Waals surface area contributed by atoms with Gasteiger partial charge >= 0.3 is 0 Å². The summed E-state index contributed by atoms with van der Waals surface area (Å²) in [5.74, 6) is 1.66. The Kier molecular flexibility index (Phi) is 4.13. The Morgan fingerprint density at radius 1 is 1.60 bits per heavy atom. The molecule has 0 atom stereocenters. The van der Waals surface area contributed by atoms with E-state index in [2.05, 4.69) is 10.3 Å². The molecule has 0 bridgehead atoms. The van der Waals surface area contributed by atoms with Crippen LogP contribution in [0.3, 0.4) is 0 Å². The van der Waals surface area contributed by atoms with Crippen molar-refractivity contribution in [2.45, 2.75) is 25.4 Å². The Morgan fingerprint density at radius 3 is 2.93 bits per heavy atom. The van der Waals surface area contributed by atoms with Crippen LogP contribution in [0.25, 0.3) is 0 Å². The van der Waals surface area contributed by atoms with Crippen molar-refractivity contribution in [3.05, 3.63) is 15.5 Å². The van der Waals surface area contributed by atoms with Crippen LogP contribution in [0.4, 0.5) is 0 Å². The molecule has 0 spiro atoms. The molecule has 1 aromatic rings. The fourth-order valence-electron chi connectivity index (χ4n) is 1.60. The zero-order chi connectivity index (χ0) is 10.7. The molecule has 3 nitrogen and oxygen atoms in total. The van der Waals surface area contributed by atoms with Gasteiger partial charge in [0.15, 0.2) is 0 Å². The van der Waals surface area contributed by atoms with Crippen LogP contribution >= 0.6 is 22.9 Å². The van der Waals surface area contributed by atoms with E-state index in [4.69, 9.17) is 11.6 Å². The van der Waals surface area contributed by atoms with Gasteiger partial charge < -0.3 is 5.32 Å². The fourth-order valence-corrected chi connectivity index (χ4v) is 3.81. The van der Waals surface area contributed by atoms with Gasteiger partial charge in [-0.3, -0.25) is 4.21 Å². The first-order chi connectivity index (χ1) is 7.24. The Bertz CT molecular complexity index is 346. The smallest absolute Gasteiger partial charge is 0.113 e. The van der Waals surface area contributed by atoms with Crippen LogP contribution in [-0.2, 0) is 17.3 Å². The molecule has 1 saturated heterocycles. The number of thiazole rings is 1. The number of rotatable bonds is 3. The van der Waals surface area contributed by atoms with E-state index in [9.17, 15) is 4.21 Å². The van der Waals surface area contributed by atoms with Crippen LogP contribution in [0.15, 0.2) is 6.20 Å². The van der Waals surface area contributed by atoms with Gasteiger partial charge in [-0.25, -0.2) is 4.98 Å². The summed E-state index contributed by atoms with van der Waals surface area (Å²) in [6.07, 6.45) is 3.69. The molecule has 0 aliphatic carbocycles. The molecule has 2 rings (SSSR count). The van der Waals surface area contributed by atoms with E-state index in [1.54, 1.807) is 6.20 Å². The van der Waals surface area contributed by atoms with Crippen LogP contribution in [-0.4, -0.2) is 26.7 Å². The Balaban J connectivity index is 1.76. The highest BCUT2D eigenvalue weighted by Crippen LogP contribution is 2.18. The zero-order valence-corrected chi connectivity index (χ0v) is 10.6. The second-order valence-electron chi connectivity index (χ2n) is 3.56. The molecule has 15 heavy (non-hydrogen) atoms. The maximum Gasteiger partial charge on any atom is 0.113 e. The third-order valence-corrected chi connectivity index (χ3v) is 4.95. The van der Waals surface area contributed by atoms with Crippen LogP contribution in [0.2, 0.25) is 4.34 Å². The first-order valence-electron chi connectivity index (χ1n) is 4.92. The highest BCUT2D eigenvalue weighted by atomic mass is 35.5. The van der Waals surface area contributed by atoms with Crippen LogP contribution in [0, 0.1) is 0 Å². The van der Waals surface area contributed by atoms with Crippen molar-refractivity contribution < 1.29 is 4.21 Å². The van der Waals surface area contributed by atoms with E-state index in [0.717, 1.165) is 40.2 Å². The summed E-state index contributed by atoms with van der Waals surface area (Å²) in [7, 11) is -0.579. The summed E-state index contributed by atoms with van der Waals surface area (Å²) in [4.78, 5) is 4.18. The molecule has 1 aliphatic heterocycles. The predicted molar refractivity (Wildman–Crippen MR) is 64.9 cm³/mol. The van der Waals surface area contributed by atoms with Gasteiger partial charge in [0.05, 0.1) is 6.20 Å². The van der Waals surface area contributed by atoms with Gasteiger partial charge in [0.1, 0.15) is 9.34 Å². The molecule has 0 unspecified atom stereocenters. The third kappa shape index (κ3) is 3.52. The van der Waals surface area contributed by atoms with Crippen LogP contribution in [0.1, 0.15) is 17.8 Å². The van der Waals surface area contributed by atoms with Gasteiger partial charge in [0.25, 0.3) is 0 Å². The van der Waals surface area contributed by atoms with Gasteiger partial charge in [0.2, 0.25) is 0 Å². The molecule has 2 heterocycles. The minimum Gasteiger partial charge on any atom is -0.308 e. The number of nitrogens with one attached hydrogen (secondary N) is 1. The molecule has 1 aromatic heterocycles. The van der Waals surface area contributed by atoms with Crippen molar-refractivity contribution in [2.24, 2.45) is 0 Å². The summed E-state index contributed by atoms with van der Waals surface area (Å²) in [6.45, 7) is 0.773. The van der Waals surface area contributed by atoms with E-state index >= 15 is 0 Å². The fraction of sp³-hybridized carbons (Fsp3) is 0.667. The van der Waals surface area contributed by atoms with E-state index in [0.29, 0.717) is 6.04 Å². The first-order valence-corrected chi connectivity index (χ1v) is 7.61. The quantitative estimate of drug-likeness (QED) is 0.905. The molecular formula is C9H13ClN2OS2. The number of nitrogens with zero attached hydrogens (tertiary/aromatic N) is 1. The summed E-state index contributed by atoms with van der Waals surface area (Å²) < 4.78 is 11.9. The second-order valence-corrected chi connectivity index (χ2v) is 7.00. The molecule has 0 radical (unpaired) electrons. The van der Waals surface area contributed by atoms with Gasteiger partial charge in [-0.05, 0) is 12.8 Å². The first kappa shape index (κ1) is 11.5. The molecular weight excluding hydrogens is 252 g/mol. The minimum atomic E-state index is -0.579. The summed E-state index contributed by atoms with van der Waals surface area (Å²) in [6, 6.07) is 0.491. The zero-order valence-electron chi connectivity index (χ0n) is 8.24. The lowest BCUT2D eigenvalue weighted by Gasteiger charge is -2.21. The third-order valence-electron chi connectivity index (χ3n) is 2.46. The summed E-state index contributed by atoms with van der Waals surface area (Å²) in [5, 5.41) is 4.45. The molecule has 1 aliphatic rings. The Labute approximate surface area is 101 Å². The van der Waals surface area contributed by atoms with Crippen LogP contribution in [0.5, 0.6) is 0 Å². The van der Waals surface area contributed by atoms with E-state index in [1.165, 1.54) is 11.3 Å². The number of hydrogen-bond donors (Lipinski definition) is 1. The average Bonchev–Trinajstić information content (AvgIpc) is 2.64.